The summed E-state index contributed by atoms with van der Waals surface area (Å²) in [7, 11) is 0. The number of allylic oxidation sites excluding steroid dienone is 1. The molecule has 1 nitrogen and oxygen atoms in total. The predicted octanol–water partition coefficient (Wildman–Crippen LogP) is 8.02. The molecule has 0 aromatic heterocycles. The Morgan fingerprint density at radius 3 is 2.14 bits per heavy atom. The fourth-order valence-electron chi connectivity index (χ4n) is 5.14. The first-order valence-corrected chi connectivity index (χ1v) is 11.1. The molecule has 2 aliphatic rings. The normalized spacial score (nSPS) is 28.6. The maximum atomic E-state index is 13.8. The van der Waals surface area contributed by atoms with Crippen LogP contribution in [0.3, 0.4) is 0 Å². The first-order valence-electron chi connectivity index (χ1n) is 10.6. The maximum Gasteiger partial charge on any atom is 0.573 e. The molecule has 1 aromatic rings. The van der Waals surface area contributed by atoms with Crippen molar-refractivity contribution in [3.63, 3.8) is 0 Å². The Morgan fingerprint density at radius 2 is 1.59 bits per heavy atom. The highest BCUT2D eigenvalue weighted by Gasteiger charge is 2.32. The molecular formula is C23H29ClF4O. The van der Waals surface area contributed by atoms with Crippen molar-refractivity contribution in [1.82, 2.24) is 0 Å². The fourth-order valence-corrected chi connectivity index (χ4v) is 5.34. The van der Waals surface area contributed by atoms with Crippen LogP contribution in [0.4, 0.5) is 17.6 Å². The van der Waals surface area contributed by atoms with Gasteiger partial charge in [-0.25, -0.2) is 4.39 Å². The van der Waals surface area contributed by atoms with Crippen LogP contribution in [0.15, 0.2) is 29.8 Å². The van der Waals surface area contributed by atoms with Gasteiger partial charge in [0, 0.05) is 5.54 Å². The topological polar surface area (TPSA) is 9.23 Å². The Morgan fingerprint density at radius 1 is 0.966 bits per heavy atom. The van der Waals surface area contributed by atoms with Gasteiger partial charge in [-0.15, -0.1) is 13.2 Å². The Kier molecular flexibility index (Phi) is 7.89. The molecule has 0 bridgehead atoms. The number of alkyl halides is 3. The predicted molar refractivity (Wildman–Crippen MR) is 107 cm³/mol. The van der Waals surface area contributed by atoms with Crippen molar-refractivity contribution in [3.8, 4) is 5.75 Å². The Bertz CT molecular complexity index is 672. The number of benzene rings is 1. The van der Waals surface area contributed by atoms with E-state index >= 15 is 0 Å². The van der Waals surface area contributed by atoms with Crippen molar-refractivity contribution in [1.29, 1.82) is 0 Å². The van der Waals surface area contributed by atoms with Gasteiger partial charge >= 0.3 is 6.36 Å². The van der Waals surface area contributed by atoms with Gasteiger partial charge in [-0.3, -0.25) is 0 Å². The maximum absolute atomic E-state index is 13.8. The minimum atomic E-state index is -4.87. The first kappa shape index (κ1) is 22.5. The van der Waals surface area contributed by atoms with E-state index < -0.39 is 17.9 Å². The van der Waals surface area contributed by atoms with E-state index in [4.69, 9.17) is 11.6 Å². The van der Waals surface area contributed by atoms with E-state index in [9.17, 15) is 17.6 Å². The minimum Gasteiger partial charge on any atom is -0.403 e. The van der Waals surface area contributed by atoms with Crippen molar-refractivity contribution in [2.75, 3.05) is 0 Å². The van der Waals surface area contributed by atoms with E-state index in [2.05, 4.69) is 10.8 Å². The summed E-state index contributed by atoms with van der Waals surface area (Å²) in [6, 6.07) is 3.77. The van der Waals surface area contributed by atoms with E-state index in [1.54, 1.807) is 5.54 Å². The smallest absolute Gasteiger partial charge is 0.403 e. The van der Waals surface area contributed by atoms with Gasteiger partial charge in [0.25, 0.3) is 0 Å². The highest BCUT2D eigenvalue weighted by atomic mass is 35.5. The second-order valence-corrected chi connectivity index (χ2v) is 8.88. The van der Waals surface area contributed by atoms with Gasteiger partial charge in [0.15, 0.2) is 11.6 Å². The van der Waals surface area contributed by atoms with E-state index in [-0.39, 0.29) is 0 Å². The Balaban J connectivity index is 1.41. The number of ether oxygens (including phenoxy) is 1. The lowest BCUT2D eigenvalue weighted by molar-refractivity contribution is -0.275. The van der Waals surface area contributed by atoms with E-state index in [0.29, 0.717) is 18.3 Å². The molecule has 0 unspecified atom stereocenters. The number of rotatable bonds is 6. The zero-order valence-electron chi connectivity index (χ0n) is 16.6. The highest BCUT2D eigenvalue weighted by Crippen LogP contribution is 2.42. The summed E-state index contributed by atoms with van der Waals surface area (Å²) in [5, 5.41) is 0. The third-order valence-corrected chi connectivity index (χ3v) is 6.93. The molecule has 2 saturated carbocycles. The van der Waals surface area contributed by atoms with Crippen LogP contribution in [0.2, 0.25) is 0 Å². The molecule has 0 heterocycles. The molecule has 2 fully saturated rings. The fraction of sp³-hybridized carbons (Fsp3) is 0.652. The summed E-state index contributed by atoms with van der Waals surface area (Å²) in [4.78, 5) is 0. The lowest BCUT2D eigenvalue weighted by Crippen LogP contribution is -2.25. The van der Waals surface area contributed by atoms with Crippen LogP contribution in [-0.2, 0) is 6.42 Å². The van der Waals surface area contributed by atoms with Gasteiger partial charge in [0.2, 0.25) is 0 Å². The van der Waals surface area contributed by atoms with E-state index in [0.717, 1.165) is 29.9 Å². The summed E-state index contributed by atoms with van der Waals surface area (Å²) in [5.74, 6) is 1.21. The third kappa shape index (κ3) is 6.91. The monoisotopic (exact) mass is 432 g/mol. The molecule has 0 N–H and O–H groups in total. The summed E-state index contributed by atoms with van der Waals surface area (Å²) in [5.41, 5.74) is 2.38. The molecule has 0 radical (unpaired) electrons. The Labute approximate surface area is 175 Å². The third-order valence-electron chi connectivity index (χ3n) is 6.78. The van der Waals surface area contributed by atoms with Crippen molar-refractivity contribution in [2.45, 2.75) is 70.6 Å². The molecule has 0 atom stereocenters. The molecule has 1 aromatic carbocycles. The lowest BCUT2D eigenvalue weighted by Gasteiger charge is -2.37. The van der Waals surface area contributed by atoms with Gasteiger partial charge in [0.1, 0.15) is 0 Å². The van der Waals surface area contributed by atoms with Crippen LogP contribution >= 0.6 is 11.6 Å². The lowest BCUT2D eigenvalue weighted by atomic mass is 9.68. The summed E-state index contributed by atoms with van der Waals surface area (Å²) in [6.45, 7) is 0. The van der Waals surface area contributed by atoms with Crippen LogP contribution in [0.25, 0.3) is 0 Å². The van der Waals surface area contributed by atoms with Crippen molar-refractivity contribution < 1.29 is 22.3 Å². The molecule has 0 saturated heterocycles. The second-order valence-electron chi connectivity index (χ2n) is 8.63. The molecular weight excluding hydrogens is 404 g/mol. The molecule has 3 rings (SSSR count). The number of hydrogen-bond acceptors (Lipinski definition) is 1. The molecule has 29 heavy (non-hydrogen) atoms. The zero-order chi connectivity index (χ0) is 20.9. The average molecular weight is 433 g/mol. The van der Waals surface area contributed by atoms with Gasteiger partial charge < -0.3 is 4.74 Å². The van der Waals surface area contributed by atoms with Crippen molar-refractivity contribution in [3.05, 3.63) is 41.2 Å². The highest BCUT2D eigenvalue weighted by molar-refractivity contribution is 6.25. The number of aryl methyl sites for hydroxylation is 1. The average Bonchev–Trinajstić information content (AvgIpc) is 2.69. The SMILES string of the molecule is Fc1cc(CCC2CCC(C3CCC(/C=C/Cl)CC3)CC2)ccc1OC(F)(F)F. The molecule has 0 aliphatic heterocycles. The van der Waals surface area contributed by atoms with Crippen LogP contribution in [0, 0.1) is 29.5 Å². The van der Waals surface area contributed by atoms with Gasteiger partial charge in [0.05, 0.1) is 0 Å². The summed E-state index contributed by atoms with van der Waals surface area (Å²) >= 11 is 5.70. The van der Waals surface area contributed by atoms with Crippen LogP contribution in [-0.4, -0.2) is 6.36 Å². The van der Waals surface area contributed by atoms with Crippen LogP contribution in [0.5, 0.6) is 5.75 Å². The standard InChI is InChI=1S/C23H29ClF4O/c24-14-13-17-5-10-20(11-6-17)19-8-3-16(4-9-19)1-2-18-7-12-22(21(25)15-18)29-23(26,27)28/h7,12-17,19-20H,1-6,8-11H2/b14-13+. The van der Waals surface area contributed by atoms with Crippen molar-refractivity contribution >= 4 is 11.6 Å². The van der Waals surface area contributed by atoms with Crippen molar-refractivity contribution in [2.24, 2.45) is 23.7 Å². The number of hydrogen-bond donors (Lipinski definition) is 0. The summed E-state index contributed by atoms with van der Waals surface area (Å²) in [6.07, 6.45) is 8.90. The van der Waals surface area contributed by atoms with Gasteiger partial charge in [-0.2, -0.15) is 0 Å². The van der Waals surface area contributed by atoms with Crippen LogP contribution < -0.4 is 4.74 Å². The van der Waals surface area contributed by atoms with E-state index in [1.807, 2.05) is 0 Å². The molecule has 6 heteroatoms. The molecule has 0 amide bonds. The second kappa shape index (κ2) is 10.2. The van der Waals surface area contributed by atoms with Gasteiger partial charge in [-0.05, 0) is 92.7 Å². The van der Waals surface area contributed by atoms with Crippen LogP contribution in [0.1, 0.15) is 63.4 Å². The first-order chi connectivity index (χ1) is 13.8. The van der Waals surface area contributed by atoms with Gasteiger partial charge in [-0.1, -0.05) is 36.6 Å². The molecule has 162 valence electrons. The summed E-state index contributed by atoms with van der Waals surface area (Å²) < 4.78 is 54.2. The minimum absolute atomic E-state index is 0.621. The molecule has 0 spiro atoms. The van der Waals surface area contributed by atoms with E-state index in [1.165, 1.54) is 63.5 Å². The zero-order valence-corrected chi connectivity index (χ0v) is 17.3. The quantitative estimate of drug-likeness (QED) is 0.413. The largest absolute Gasteiger partial charge is 0.573 e. The Hall–Kier alpha value is -1.23. The number of halogens is 5. The molecule has 2 aliphatic carbocycles.